The Hall–Kier alpha value is -3.93. The predicted octanol–water partition coefficient (Wildman–Crippen LogP) is 3.13. The van der Waals surface area contributed by atoms with Gasteiger partial charge in [-0.05, 0) is 53.1 Å². The number of amides is 1. The second-order valence-corrected chi connectivity index (χ2v) is 6.77. The van der Waals surface area contributed by atoms with Crippen molar-refractivity contribution in [1.29, 1.82) is 0 Å². The van der Waals surface area contributed by atoms with Crippen molar-refractivity contribution in [3.8, 4) is 16.8 Å². The second kappa shape index (κ2) is 6.06. The Morgan fingerprint density at radius 2 is 1.68 bits per heavy atom. The first-order chi connectivity index (χ1) is 13.6. The number of benzene rings is 3. The molecule has 0 bridgehead atoms. The lowest BCUT2D eigenvalue weighted by molar-refractivity contribution is -0.115. The lowest BCUT2D eigenvalue weighted by Crippen LogP contribution is -2.23. The van der Waals surface area contributed by atoms with Crippen LogP contribution in [-0.2, 0) is 11.2 Å². The van der Waals surface area contributed by atoms with Gasteiger partial charge in [0.1, 0.15) is 0 Å². The summed E-state index contributed by atoms with van der Waals surface area (Å²) in [7, 11) is 0. The summed E-state index contributed by atoms with van der Waals surface area (Å²) in [6, 6.07) is 20.6. The Bertz CT molecular complexity index is 1310. The number of rotatable bonds is 2. The summed E-state index contributed by atoms with van der Waals surface area (Å²) in [4.78, 5) is 29.1. The second-order valence-electron chi connectivity index (χ2n) is 6.77. The van der Waals surface area contributed by atoms with Gasteiger partial charge in [-0.15, -0.1) is 0 Å². The largest absolute Gasteiger partial charge is 0.369 e. The standard InChI is InChI=1S/C22H16N4O2/c23-22-25-19-9-7-14(13-6-8-18-15(10-13)12-20(27)24-18)11-17(19)21(28)26(22)16-4-2-1-3-5-16/h1-11H,12H2,(H2,23,25)(H,24,27). The van der Waals surface area contributed by atoms with Crippen molar-refractivity contribution in [2.24, 2.45) is 0 Å². The number of fused-ring (bicyclic) bond motifs is 2. The van der Waals surface area contributed by atoms with E-state index in [2.05, 4.69) is 10.3 Å². The van der Waals surface area contributed by atoms with E-state index in [0.717, 1.165) is 22.4 Å². The van der Waals surface area contributed by atoms with Gasteiger partial charge in [-0.2, -0.15) is 0 Å². The molecule has 0 spiro atoms. The van der Waals surface area contributed by atoms with Crippen LogP contribution in [0.5, 0.6) is 0 Å². The maximum Gasteiger partial charge on any atom is 0.267 e. The third kappa shape index (κ3) is 2.54. The number of nitrogens with one attached hydrogen (secondary N) is 1. The SMILES string of the molecule is Nc1nc2ccc(-c3ccc4c(c3)CC(=O)N4)cc2c(=O)n1-c1ccccc1. The molecule has 5 rings (SSSR count). The monoisotopic (exact) mass is 368 g/mol. The molecule has 1 aromatic heterocycles. The zero-order chi connectivity index (χ0) is 19.3. The van der Waals surface area contributed by atoms with Crippen molar-refractivity contribution in [2.45, 2.75) is 6.42 Å². The first-order valence-corrected chi connectivity index (χ1v) is 8.91. The van der Waals surface area contributed by atoms with Gasteiger partial charge in [-0.25, -0.2) is 9.55 Å². The van der Waals surface area contributed by atoms with Crippen molar-refractivity contribution < 1.29 is 4.79 Å². The number of para-hydroxylation sites is 1. The zero-order valence-corrected chi connectivity index (χ0v) is 14.8. The summed E-state index contributed by atoms with van der Waals surface area (Å²) in [5.41, 5.74) is 10.7. The number of nitrogen functional groups attached to an aromatic ring is 1. The Kier molecular flexibility index (Phi) is 3.52. The fourth-order valence-corrected chi connectivity index (χ4v) is 3.62. The zero-order valence-electron chi connectivity index (χ0n) is 14.8. The maximum absolute atomic E-state index is 13.2. The van der Waals surface area contributed by atoms with Crippen molar-refractivity contribution >= 4 is 28.4 Å². The summed E-state index contributed by atoms with van der Waals surface area (Å²) in [5.74, 6) is 0.148. The Balaban J connectivity index is 1.68. The molecule has 0 aliphatic carbocycles. The van der Waals surface area contributed by atoms with Gasteiger partial charge >= 0.3 is 0 Å². The van der Waals surface area contributed by atoms with E-state index in [1.807, 2.05) is 60.7 Å². The Morgan fingerprint density at radius 1 is 0.929 bits per heavy atom. The van der Waals surface area contributed by atoms with E-state index in [4.69, 9.17) is 5.73 Å². The van der Waals surface area contributed by atoms with Crippen molar-refractivity contribution in [1.82, 2.24) is 9.55 Å². The van der Waals surface area contributed by atoms with Gasteiger partial charge < -0.3 is 11.1 Å². The number of aromatic nitrogens is 2. The minimum absolute atomic E-state index is 0.00363. The molecule has 0 fully saturated rings. The molecule has 1 amide bonds. The third-order valence-corrected chi connectivity index (χ3v) is 4.97. The van der Waals surface area contributed by atoms with Crippen LogP contribution in [-0.4, -0.2) is 15.5 Å². The fourth-order valence-electron chi connectivity index (χ4n) is 3.62. The van der Waals surface area contributed by atoms with E-state index in [1.54, 1.807) is 6.07 Å². The van der Waals surface area contributed by atoms with E-state index in [9.17, 15) is 9.59 Å². The summed E-state index contributed by atoms with van der Waals surface area (Å²) in [5, 5.41) is 3.32. The molecule has 0 saturated carbocycles. The lowest BCUT2D eigenvalue weighted by Gasteiger charge is -2.11. The van der Waals surface area contributed by atoms with Gasteiger partial charge in [0.15, 0.2) is 0 Å². The fraction of sp³-hybridized carbons (Fsp3) is 0.0455. The molecule has 136 valence electrons. The van der Waals surface area contributed by atoms with Crippen LogP contribution in [0.1, 0.15) is 5.56 Å². The molecular formula is C22H16N4O2. The maximum atomic E-state index is 13.2. The number of nitrogens with zero attached hydrogens (tertiary/aromatic N) is 2. The summed E-state index contributed by atoms with van der Waals surface area (Å²) < 4.78 is 1.41. The van der Waals surface area contributed by atoms with Crippen molar-refractivity contribution in [3.63, 3.8) is 0 Å². The Labute approximate surface area is 160 Å². The van der Waals surface area contributed by atoms with E-state index in [0.29, 0.717) is 23.0 Å². The lowest BCUT2D eigenvalue weighted by atomic mass is 10.0. The number of hydrogen-bond acceptors (Lipinski definition) is 4. The highest BCUT2D eigenvalue weighted by molar-refractivity contribution is 5.99. The van der Waals surface area contributed by atoms with Gasteiger partial charge in [-0.3, -0.25) is 9.59 Å². The first-order valence-electron chi connectivity index (χ1n) is 8.91. The summed E-state index contributed by atoms with van der Waals surface area (Å²) >= 11 is 0. The molecule has 6 heteroatoms. The topological polar surface area (TPSA) is 90.0 Å². The van der Waals surface area contributed by atoms with E-state index >= 15 is 0 Å². The molecule has 0 atom stereocenters. The number of carbonyl (C=O) groups excluding carboxylic acids is 1. The van der Waals surface area contributed by atoms with Crippen LogP contribution in [0.2, 0.25) is 0 Å². The number of hydrogen-bond donors (Lipinski definition) is 2. The number of carbonyl (C=O) groups is 1. The number of nitrogens with two attached hydrogens (primary N) is 1. The first kappa shape index (κ1) is 16.3. The molecule has 0 saturated heterocycles. The number of anilines is 2. The third-order valence-electron chi connectivity index (χ3n) is 4.97. The van der Waals surface area contributed by atoms with Crippen LogP contribution < -0.4 is 16.6 Å². The van der Waals surface area contributed by atoms with Crippen LogP contribution in [0.4, 0.5) is 11.6 Å². The van der Waals surface area contributed by atoms with E-state index < -0.39 is 0 Å². The molecule has 28 heavy (non-hydrogen) atoms. The van der Waals surface area contributed by atoms with E-state index in [1.165, 1.54) is 4.57 Å². The van der Waals surface area contributed by atoms with Crippen LogP contribution in [0, 0.1) is 0 Å². The van der Waals surface area contributed by atoms with Crippen LogP contribution >= 0.6 is 0 Å². The van der Waals surface area contributed by atoms with Crippen LogP contribution in [0.15, 0.2) is 71.5 Å². The van der Waals surface area contributed by atoms with Gasteiger partial charge in [0.05, 0.1) is 23.0 Å². The van der Waals surface area contributed by atoms with Gasteiger partial charge in [0, 0.05) is 5.69 Å². The quantitative estimate of drug-likeness (QED) is 0.569. The highest BCUT2D eigenvalue weighted by atomic mass is 16.2. The highest BCUT2D eigenvalue weighted by Gasteiger charge is 2.18. The molecule has 4 aromatic rings. The van der Waals surface area contributed by atoms with E-state index in [-0.39, 0.29) is 17.4 Å². The molecule has 1 aliphatic heterocycles. The Morgan fingerprint density at radius 3 is 2.50 bits per heavy atom. The molecule has 2 heterocycles. The molecule has 3 aromatic carbocycles. The van der Waals surface area contributed by atoms with Crippen molar-refractivity contribution in [3.05, 3.63) is 82.6 Å². The van der Waals surface area contributed by atoms with Gasteiger partial charge in [0.2, 0.25) is 11.9 Å². The van der Waals surface area contributed by atoms with Gasteiger partial charge in [0.25, 0.3) is 5.56 Å². The predicted molar refractivity (Wildman–Crippen MR) is 110 cm³/mol. The average molecular weight is 368 g/mol. The van der Waals surface area contributed by atoms with Crippen LogP contribution in [0.25, 0.3) is 27.7 Å². The van der Waals surface area contributed by atoms with Gasteiger partial charge in [-0.1, -0.05) is 30.3 Å². The normalized spacial score (nSPS) is 12.8. The molecule has 3 N–H and O–H groups in total. The minimum Gasteiger partial charge on any atom is -0.369 e. The minimum atomic E-state index is -0.214. The molecule has 6 nitrogen and oxygen atoms in total. The van der Waals surface area contributed by atoms with Crippen LogP contribution in [0.3, 0.4) is 0 Å². The average Bonchev–Trinajstić information content (AvgIpc) is 3.08. The molecule has 1 aliphatic rings. The molecular weight excluding hydrogens is 352 g/mol. The molecule has 0 radical (unpaired) electrons. The molecule has 0 unspecified atom stereocenters. The summed E-state index contributed by atoms with van der Waals surface area (Å²) in [6.07, 6.45) is 0.371. The summed E-state index contributed by atoms with van der Waals surface area (Å²) in [6.45, 7) is 0. The van der Waals surface area contributed by atoms with Crippen molar-refractivity contribution in [2.75, 3.05) is 11.1 Å². The highest BCUT2D eigenvalue weighted by Crippen LogP contribution is 2.30. The smallest absolute Gasteiger partial charge is 0.267 e.